The van der Waals surface area contributed by atoms with Crippen molar-refractivity contribution < 1.29 is 19.2 Å². The van der Waals surface area contributed by atoms with Crippen LogP contribution in [0.2, 0.25) is 0 Å². The van der Waals surface area contributed by atoms with Crippen LogP contribution in [-0.4, -0.2) is 29.4 Å². The molecule has 0 bridgehead atoms. The third-order valence-corrected chi connectivity index (χ3v) is 4.36. The molecule has 1 fully saturated rings. The van der Waals surface area contributed by atoms with E-state index in [0.717, 1.165) is 17.4 Å². The lowest BCUT2D eigenvalue weighted by Gasteiger charge is -2.32. The molecule has 4 nitrogen and oxygen atoms in total. The van der Waals surface area contributed by atoms with Crippen LogP contribution in [0.5, 0.6) is 0 Å². The Balaban J connectivity index is 1.99. The first-order chi connectivity index (χ1) is 9.71. The fraction of sp³-hybridized carbons (Fsp3) is 0.562. The molecule has 21 heavy (non-hydrogen) atoms. The zero-order chi connectivity index (χ0) is 15.7. The summed E-state index contributed by atoms with van der Waals surface area (Å²) in [5.41, 5.74) is 1.46. The Morgan fingerprint density at radius 2 is 1.62 bits per heavy atom. The molecule has 114 valence electrons. The molecule has 0 aliphatic carbocycles. The van der Waals surface area contributed by atoms with Crippen molar-refractivity contribution in [3.8, 4) is 0 Å². The minimum atomic E-state index is -0.746. The topological polar surface area (TPSA) is 55.8 Å². The van der Waals surface area contributed by atoms with E-state index in [4.69, 9.17) is 14.4 Å². The Morgan fingerprint density at radius 3 is 2.10 bits per heavy atom. The van der Waals surface area contributed by atoms with Gasteiger partial charge >= 0.3 is 13.1 Å². The average Bonchev–Trinajstić information content (AvgIpc) is 2.59. The molecule has 1 aliphatic heterocycles. The number of carbonyl (C=O) groups is 1. The highest BCUT2D eigenvalue weighted by Gasteiger charge is 2.51. The maximum atomic E-state index is 10.5. The van der Waals surface area contributed by atoms with Gasteiger partial charge in [0.25, 0.3) is 0 Å². The third-order valence-electron chi connectivity index (χ3n) is 4.36. The van der Waals surface area contributed by atoms with Gasteiger partial charge in [-0.05, 0) is 51.6 Å². The average molecular weight is 290 g/mol. The second-order valence-electron chi connectivity index (χ2n) is 6.58. The van der Waals surface area contributed by atoms with E-state index in [1.165, 1.54) is 0 Å². The van der Waals surface area contributed by atoms with Gasteiger partial charge in [0.05, 0.1) is 11.2 Å². The number of aliphatic carboxylic acids is 1. The standard InChI is InChI=1S/C16H23BO4/c1-15(2)16(3,4)21-17(20-15)13-10-8-12(9-11-13)6-5-7-14(18)19/h8-11H,5-7H2,1-4H3,(H,18,19). The molecule has 1 heterocycles. The minimum absolute atomic E-state index is 0.207. The van der Waals surface area contributed by atoms with Crippen LogP contribution in [0.3, 0.4) is 0 Å². The summed E-state index contributed by atoms with van der Waals surface area (Å²) in [7, 11) is -0.344. The van der Waals surface area contributed by atoms with E-state index in [9.17, 15) is 4.79 Å². The molecule has 0 spiro atoms. The van der Waals surface area contributed by atoms with Gasteiger partial charge in [-0.1, -0.05) is 24.3 Å². The van der Waals surface area contributed by atoms with Gasteiger partial charge in [-0.15, -0.1) is 0 Å². The summed E-state index contributed by atoms with van der Waals surface area (Å²) in [4.78, 5) is 10.5. The van der Waals surface area contributed by atoms with Gasteiger partial charge in [-0.2, -0.15) is 0 Å². The molecule has 5 heteroatoms. The lowest BCUT2D eigenvalue weighted by atomic mass is 9.78. The summed E-state index contributed by atoms with van der Waals surface area (Å²) in [6.07, 6.45) is 1.64. The SMILES string of the molecule is CC1(C)OB(c2ccc(CCCC(=O)O)cc2)OC1(C)C. The van der Waals surface area contributed by atoms with Crippen molar-refractivity contribution in [1.29, 1.82) is 0 Å². The maximum Gasteiger partial charge on any atom is 0.494 e. The van der Waals surface area contributed by atoms with Crippen LogP contribution in [0.15, 0.2) is 24.3 Å². The monoisotopic (exact) mass is 290 g/mol. The highest BCUT2D eigenvalue weighted by atomic mass is 16.7. The normalized spacial score (nSPS) is 19.7. The predicted octanol–water partition coefficient (Wildman–Crippen LogP) is 2.39. The number of hydrogen-bond donors (Lipinski definition) is 1. The van der Waals surface area contributed by atoms with Crippen LogP contribution in [0.25, 0.3) is 0 Å². The molecule has 0 aromatic heterocycles. The highest BCUT2D eigenvalue weighted by molar-refractivity contribution is 6.62. The fourth-order valence-electron chi connectivity index (χ4n) is 2.26. The number of hydrogen-bond acceptors (Lipinski definition) is 3. The van der Waals surface area contributed by atoms with Crippen molar-refractivity contribution in [2.75, 3.05) is 0 Å². The lowest BCUT2D eigenvalue weighted by molar-refractivity contribution is -0.137. The summed E-state index contributed by atoms with van der Waals surface area (Å²) < 4.78 is 12.0. The fourth-order valence-corrected chi connectivity index (χ4v) is 2.26. The summed E-state index contributed by atoms with van der Waals surface area (Å²) in [5.74, 6) is -0.746. The number of rotatable bonds is 5. The van der Waals surface area contributed by atoms with Crippen LogP contribution in [0.4, 0.5) is 0 Å². The third kappa shape index (κ3) is 3.66. The summed E-state index contributed by atoms with van der Waals surface area (Å²) in [5, 5.41) is 8.64. The van der Waals surface area contributed by atoms with Crippen LogP contribution >= 0.6 is 0 Å². The molecule has 0 amide bonds. The Bertz CT molecular complexity index is 492. The van der Waals surface area contributed by atoms with Gasteiger partial charge in [-0.25, -0.2) is 0 Å². The maximum absolute atomic E-state index is 10.5. The number of benzene rings is 1. The molecule has 1 aromatic carbocycles. The van der Waals surface area contributed by atoms with Crippen molar-refractivity contribution in [3.63, 3.8) is 0 Å². The van der Waals surface area contributed by atoms with Crippen molar-refractivity contribution >= 4 is 18.6 Å². The molecule has 1 aromatic rings. The van der Waals surface area contributed by atoms with Gasteiger partial charge < -0.3 is 14.4 Å². The molecule has 1 aliphatic rings. The summed E-state index contributed by atoms with van der Waals surface area (Å²) >= 11 is 0. The first-order valence-electron chi connectivity index (χ1n) is 7.37. The Kier molecular flexibility index (Phi) is 4.44. The molecule has 0 unspecified atom stereocenters. The van der Waals surface area contributed by atoms with Gasteiger partial charge in [0, 0.05) is 6.42 Å². The minimum Gasteiger partial charge on any atom is -0.481 e. The van der Waals surface area contributed by atoms with Crippen LogP contribution in [0.1, 0.15) is 46.1 Å². The Hall–Kier alpha value is -1.33. The van der Waals surface area contributed by atoms with Gasteiger partial charge in [0.15, 0.2) is 0 Å². The van der Waals surface area contributed by atoms with Crippen molar-refractivity contribution in [3.05, 3.63) is 29.8 Å². The highest BCUT2D eigenvalue weighted by Crippen LogP contribution is 2.36. The van der Waals surface area contributed by atoms with Crippen LogP contribution in [-0.2, 0) is 20.5 Å². The predicted molar refractivity (Wildman–Crippen MR) is 82.7 cm³/mol. The zero-order valence-corrected chi connectivity index (χ0v) is 13.2. The van der Waals surface area contributed by atoms with E-state index in [2.05, 4.69) is 0 Å². The summed E-state index contributed by atoms with van der Waals surface area (Å²) in [6.45, 7) is 8.14. The van der Waals surface area contributed by atoms with E-state index in [1.807, 2.05) is 52.0 Å². The molecule has 1 N–H and O–H groups in total. The summed E-state index contributed by atoms with van der Waals surface area (Å²) in [6, 6.07) is 8.03. The van der Waals surface area contributed by atoms with Gasteiger partial charge in [0.1, 0.15) is 0 Å². The first kappa shape index (κ1) is 16.1. The van der Waals surface area contributed by atoms with Crippen molar-refractivity contribution in [2.24, 2.45) is 0 Å². The molecular weight excluding hydrogens is 267 g/mol. The second-order valence-corrected chi connectivity index (χ2v) is 6.58. The van der Waals surface area contributed by atoms with Gasteiger partial charge in [-0.3, -0.25) is 4.79 Å². The molecule has 2 rings (SSSR count). The molecule has 0 atom stereocenters. The van der Waals surface area contributed by atoms with Crippen molar-refractivity contribution in [2.45, 2.75) is 58.2 Å². The van der Waals surface area contributed by atoms with E-state index >= 15 is 0 Å². The largest absolute Gasteiger partial charge is 0.494 e. The van der Waals surface area contributed by atoms with Crippen LogP contribution < -0.4 is 5.46 Å². The van der Waals surface area contributed by atoms with E-state index in [0.29, 0.717) is 6.42 Å². The molecule has 0 saturated carbocycles. The van der Waals surface area contributed by atoms with E-state index < -0.39 is 5.97 Å². The van der Waals surface area contributed by atoms with Crippen LogP contribution in [0, 0.1) is 0 Å². The van der Waals surface area contributed by atoms with Crippen molar-refractivity contribution in [1.82, 2.24) is 0 Å². The lowest BCUT2D eigenvalue weighted by Crippen LogP contribution is -2.41. The second kappa shape index (κ2) is 5.81. The number of carboxylic acids is 1. The number of aryl methyl sites for hydroxylation is 1. The van der Waals surface area contributed by atoms with E-state index in [-0.39, 0.29) is 24.7 Å². The van der Waals surface area contributed by atoms with E-state index in [1.54, 1.807) is 0 Å². The zero-order valence-electron chi connectivity index (χ0n) is 13.2. The number of carboxylic acid groups (broad SMARTS) is 1. The molecular formula is C16H23BO4. The molecule has 0 radical (unpaired) electrons. The molecule has 1 saturated heterocycles. The quantitative estimate of drug-likeness (QED) is 0.846. The Morgan fingerprint density at radius 1 is 1.10 bits per heavy atom. The van der Waals surface area contributed by atoms with Gasteiger partial charge in [0.2, 0.25) is 0 Å². The Labute approximate surface area is 126 Å². The first-order valence-corrected chi connectivity index (χ1v) is 7.37. The smallest absolute Gasteiger partial charge is 0.481 e.